The van der Waals surface area contributed by atoms with Gasteiger partial charge >= 0.3 is 16.3 Å². The summed E-state index contributed by atoms with van der Waals surface area (Å²) in [5, 5.41) is 7.23. The largest absolute Gasteiger partial charge is 0.449 e. The summed E-state index contributed by atoms with van der Waals surface area (Å²) in [4.78, 5) is 11.0. The number of amidine groups is 1. The second kappa shape index (κ2) is 6.87. The van der Waals surface area contributed by atoms with Crippen molar-refractivity contribution in [3.05, 3.63) is 35.4 Å². The zero-order valence-electron chi connectivity index (χ0n) is 10.8. The molecule has 0 fully saturated rings. The Hall–Kier alpha value is -2.13. The number of amides is 1. The first-order chi connectivity index (χ1) is 9.34. The molecule has 0 saturated heterocycles. The molecule has 0 aliphatic carbocycles. The van der Waals surface area contributed by atoms with Crippen molar-refractivity contribution in [2.45, 2.75) is 13.5 Å². The van der Waals surface area contributed by atoms with E-state index in [1.54, 1.807) is 35.9 Å². The predicted molar refractivity (Wildman–Crippen MR) is 73.4 cm³/mol. The quantitative estimate of drug-likeness (QED) is 0.435. The van der Waals surface area contributed by atoms with Crippen LogP contribution in [0, 0.1) is 5.41 Å². The standard InChI is InChI=1S/C11H16N4O4S/c1-2-19-11(16)15-20(17,18)14-7-8-3-5-9(6-4-8)10(12)13/h3-6,14H,2,7H2,1H3,(H3,12,13)(H,15,16). The Labute approximate surface area is 117 Å². The van der Waals surface area contributed by atoms with E-state index >= 15 is 0 Å². The van der Waals surface area contributed by atoms with E-state index in [2.05, 4.69) is 9.46 Å². The van der Waals surface area contributed by atoms with Gasteiger partial charge in [-0.25, -0.2) is 9.52 Å². The van der Waals surface area contributed by atoms with Gasteiger partial charge in [0, 0.05) is 12.1 Å². The third-order valence-corrected chi connectivity index (χ3v) is 3.18. The Morgan fingerprint density at radius 2 is 1.95 bits per heavy atom. The number of ether oxygens (including phenoxy) is 1. The van der Waals surface area contributed by atoms with E-state index in [0.717, 1.165) is 0 Å². The first-order valence-corrected chi connectivity index (χ1v) is 7.20. The van der Waals surface area contributed by atoms with Crippen molar-refractivity contribution in [2.75, 3.05) is 6.61 Å². The van der Waals surface area contributed by atoms with Crippen molar-refractivity contribution in [2.24, 2.45) is 5.73 Å². The van der Waals surface area contributed by atoms with Gasteiger partial charge in [0.2, 0.25) is 0 Å². The molecule has 9 heteroatoms. The van der Waals surface area contributed by atoms with E-state index in [-0.39, 0.29) is 19.0 Å². The summed E-state index contributed by atoms with van der Waals surface area (Å²) < 4.78 is 31.3. The van der Waals surface area contributed by atoms with E-state index in [1.807, 2.05) is 0 Å². The van der Waals surface area contributed by atoms with Gasteiger partial charge in [-0.15, -0.1) is 0 Å². The Kier molecular flexibility index (Phi) is 5.47. The lowest BCUT2D eigenvalue weighted by molar-refractivity contribution is 0.158. The zero-order chi connectivity index (χ0) is 15.2. The predicted octanol–water partition coefficient (Wildman–Crippen LogP) is 0.0512. The third-order valence-electron chi connectivity index (χ3n) is 2.22. The lowest BCUT2D eigenvalue weighted by atomic mass is 10.1. The first kappa shape index (κ1) is 15.9. The maximum absolute atomic E-state index is 11.5. The molecule has 0 radical (unpaired) electrons. The maximum atomic E-state index is 11.5. The number of hydrogen-bond donors (Lipinski definition) is 4. The molecular weight excluding hydrogens is 284 g/mol. The second-order valence-corrected chi connectivity index (χ2v) is 5.26. The lowest BCUT2D eigenvalue weighted by Gasteiger charge is -2.08. The molecule has 1 rings (SSSR count). The molecule has 1 aromatic carbocycles. The van der Waals surface area contributed by atoms with Gasteiger partial charge in [0.05, 0.1) is 6.61 Å². The highest BCUT2D eigenvalue weighted by Gasteiger charge is 2.14. The number of nitrogens with two attached hydrogens (primary N) is 1. The van der Waals surface area contributed by atoms with Gasteiger partial charge in [-0.1, -0.05) is 24.3 Å². The van der Waals surface area contributed by atoms with Gasteiger partial charge in [-0.05, 0) is 12.5 Å². The van der Waals surface area contributed by atoms with Gasteiger partial charge < -0.3 is 10.5 Å². The fourth-order valence-corrected chi connectivity index (χ4v) is 1.99. The normalized spacial score (nSPS) is 10.8. The van der Waals surface area contributed by atoms with Gasteiger partial charge in [-0.2, -0.15) is 13.1 Å². The van der Waals surface area contributed by atoms with E-state index in [1.165, 1.54) is 0 Å². The molecule has 0 aliphatic rings. The topological polar surface area (TPSA) is 134 Å². The van der Waals surface area contributed by atoms with Crippen LogP contribution in [0.25, 0.3) is 0 Å². The fourth-order valence-electron chi connectivity index (χ4n) is 1.29. The van der Waals surface area contributed by atoms with Crippen LogP contribution in [-0.4, -0.2) is 27.0 Å². The molecular formula is C11H16N4O4S. The minimum Gasteiger partial charge on any atom is -0.449 e. The van der Waals surface area contributed by atoms with Gasteiger partial charge in [0.1, 0.15) is 5.84 Å². The zero-order valence-corrected chi connectivity index (χ0v) is 11.7. The second-order valence-electron chi connectivity index (χ2n) is 3.76. The highest BCUT2D eigenvalue weighted by Crippen LogP contribution is 2.03. The van der Waals surface area contributed by atoms with Crippen LogP contribution in [0.2, 0.25) is 0 Å². The van der Waals surface area contributed by atoms with Gasteiger partial charge in [-0.3, -0.25) is 5.41 Å². The number of nitrogens with one attached hydrogen (secondary N) is 3. The highest BCUT2D eigenvalue weighted by molar-refractivity contribution is 7.88. The van der Waals surface area contributed by atoms with Crippen molar-refractivity contribution in [3.8, 4) is 0 Å². The Bertz CT molecular complexity index is 583. The highest BCUT2D eigenvalue weighted by atomic mass is 32.2. The molecule has 0 aliphatic heterocycles. The number of rotatable bonds is 6. The molecule has 110 valence electrons. The third kappa shape index (κ3) is 5.24. The molecule has 0 heterocycles. The van der Waals surface area contributed by atoms with Crippen molar-refractivity contribution in [1.82, 2.24) is 9.44 Å². The van der Waals surface area contributed by atoms with Crippen LogP contribution in [-0.2, 0) is 21.5 Å². The number of carbonyl (C=O) groups is 1. The van der Waals surface area contributed by atoms with Crippen LogP contribution in [0.1, 0.15) is 18.1 Å². The summed E-state index contributed by atoms with van der Waals surface area (Å²) in [6.45, 7) is 1.64. The van der Waals surface area contributed by atoms with Gasteiger partial charge in [0.15, 0.2) is 0 Å². The van der Waals surface area contributed by atoms with E-state index < -0.39 is 16.3 Å². The lowest BCUT2D eigenvalue weighted by Crippen LogP contribution is -2.40. The van der Waals surface area contributed by atoms with Crippen molar-refractivity contribution in [1.29, 1.82) is 5.41 Å². The van der Waals surface area contributed by atoms with Crippen molar-refractivity contribution < 1.29 is 17.9 Å². The molecule has 0 bridgehead atoms. The maximum Gasteiger partial charge on any atom is 0.421 e. The molecule has 5 N–H and O–H groups in total. The van der Waals surface area contributed by atoms with Crippen LogP contribution in [0.15, 0.2) is 24.3 Å². The molecule has 20 heavy (non-hydrogen) atoms. The Balaban J connectivity index is 2.57. The SMILES string of the molecule is CCOC(=O)NS(=O)(=O)NCc1ccc(C(=N)N)cc1. The minimum atomic E-state index is -3.97. The summed E-state index contributed by atoms with van der Waals surface area (Å²) in [5.41, 5.74) is 6.50. The van der Waals surface area contributed by atoms with Crippen LogP contribution in [0.5, 0.6) is 0 Å². The molecule has 0 saturated carbocycles. The van der Waals surface area contributed by atoms with Crippen molar-refractivity contribution >= 4 is 22.1 Å². The smallest absolute Gasteiger partial charge is 0.421 e. The molecule has 0 aromatic heterocycles. The number of nitrogen functional groups attached to an aromatic ring is 1. The summed E-state index contributed by atoms with van der Waals surface area (Å²) >= 11 is 0. The van der Waals surface area contributed by atoms with Gasteiger partial charge in [0.25, 0.3) is 0 Å². The van der Waals surface area contributed by atoms with Crippen LogP contribution >= 0.6 is 0 Å². The van der Waals surface area contributed by atoms with E-state index in [9.17, 15) is 13.2 Å². The average Bonchev–Trinajstić information content (AvgIpc) is 2.36. The van der Waals surface area contributed by atoms with E-state index in [4.69, 9.17) is 11.1 Å². The summed E-state index contributed by atoms with van der Waals surface area (Å²) in [7, 11) is -3.97. The summed E-state index contributed by atoms with van der Waals surface area (Å²) in [5.74, 6) is -0.0684. The first-order valence-electron chi connectivity index (χ1n) is 5.71. The Morgan fingerprint density at radius 3 is 2.45 bits per heavy atom. The van der Waals surface area contributed by atoms with E-state index in [0.29, 0.717) is 11.1 Å². The Morgan fingerprint density at radius 1 is 1.35 bits per heavy atom. The summed E-state index contributed by atoms with van der Waals surface area (Å²) in [6.07, 6.45) is -1.04. The van der Waals surface area contributed by atoms with Crippen LogP contribution < -0.4 is 15.2 Å². The molecule has 0 spiro atoms. The van der Waals surface area contributed by atoms with Crippen molar-refractivity contribution in [3.63, 3.8) is 0 Å². The number of benzene rings is 1. The molecule has 0 unspecified atom stereocenters. The van der Waals surface area contributed by atoms with Crippen LogP contribution in [0.3, 0.4) is 0 Å². The number of hydrogen-bond acceptors (Lipinski definition) is 5. The molecule has 1 amide bonds. The number of carbonyl (C=O) groups excluding carboxylic acids is 1. The monoisotopic (exact) mass is 300 g/mol. The average molecular weight is 300 g/mol. The summed E-state index contributed by atoms with van der Waals surface area (Å²) in [6, 6.07) is 6.46. The minimum absolute atomic E-state index is 0.00702. The van der Waals surface area contributed by atoms with Crippen LogP contribution in [0.4, 0.5) is 4.79 Å². The molecule has 1 aromatic rings. The fraction of sp³-hybridized carbons (Fsp3) is 0.273. The molecule has 0 atom stereocenters. The molecule has 8 nitrogen and oxygen atoms in total.